The van der Waals surface area contributed by atoms with E-state index in [4.69, 9.17) is 4.74 Å². The summed E-state index contributed by atoms with van der Waals surface area (Å²) >= 11 is 0. The first-order valence-electron chi connectivity index (χ1n) is 7.58. The van der Waals surface area contributed by atoms with E-state index in [1.165, 1.54) is 16.8 Å². The second kappa shape index (κ2) is 7.96. The molecular weight excluding hydrogens is 262 g/mol. The Morgan fingerprint density at radius 3 is 2.90 bits per heavy atom. The minimum absolute atomic E-state index is 0.743. The Morgan fingerprint density at radius 2 is 2.19 bits per heavy atom. The van der Waals surface area contributed by atoms with Gasteiger partial charge in [0.1, 0.15) is 5.82 Å². The number of aryl methyl sites for hydroxylation is 2. The van der Waals surface area contributed by atoms with Gasteiger partial charge in [-0.1, -0.05) is 19.1 Å². The molecule has 0 unspecified atom stereocenters. The summed E-state index contributed by atoms with van der Waals surface area (Å²) in [5, 5.41) is 3.37. The molecule has 1 aromatic heterocycles. The fourth-order valence-corrected chi connectivity index (χ4v) is 2.47. The lowest BCUT2D eigenvalue weighted by atomic mass is 10.1. The summed E-state index contributed by atoms with van der Waals surface area (Å²) in [4.78, 5) is 4.45. The molecule has 2 rings (SSSR count). The van der Waals surface area contributed by atoms with Gasteiger partial charge in [0.2, 0.25) is 0 Å². The van der Waals surface area contributed by atoms with Gasteiger partial charge in [-0.3, -0.25) is 0 Å². The van der Waals surface area contributed by atoms with Crippen LogP contribution in [-0.4, -0.2) is 29.8 Å². The van der Waals surface area contributed by atoms with Crippen molar-refractivity contribution in [3.05, 3.63) is 47.5 Å². The van der Waals surface area contributed by atoms with Crippen molar-refractivity contribution >= 4 is 0 Å². The number of nitrogens with one attached hydrogen (secondary N) is 1. The van der Waals surface area contributed by atoms with Gasteiger partial charge in [-0.2, -0.15) is 0 Å². The van der Waals surface area contributed by atoms with Crippen LogP contribution in [0.15, 0.2) is 30.6 Å². The summed E-state index contributed by atoms with van der Waals surface area (Å²) < 4.78 is 7.23. The van der Waals surface area contributed by atoms with Gasteiger partial charge in [0.25, 0.3) is 0 Å². The van der Waals surface area contributed by atoms with Gasteiger partial charge in [0.15, 0.2) is 0 Å². The predicted octanol–water partition coefficient (Wildman–Crippen LogP) is 2.87. The van der Waals surface area contributed by atoms with Crippen LogP contribution in [0.25, 0.3) is 5.69 Å². The van der Waals surface area contributed by atoms with Gasteiger partial charge in [-0.25, -0.2) is 4.98 Å². The van der Waals surface area contributed by atoms with Crippen LogP contribution < -0.4 is 5.32 Å². The average Bonchev–Trinajstić information content (AvgIpc) is 2.92. The van der Waals surface area contributed by atoms with Gasteiger partial charge in [0.05, 0.1) is 6.61 Å². The van der Waals surface area contributed by atoms with Crippen LogP contribution in [0.1, 0.15) is 30.3 Å². The Labute approximate surface area is 127 Å². The lowest BCUT2D eigenvalue weighted by Gasteiger charge is -2.12. The number of nitrogens with zero attached hydrogens (tertiary/aromatic N) is 2. The zero-order valence-electron chi connectivity index (χ0n) is 13.2. The number of benzene rings is 1. The molecule has 4 nitrogen and oxygen atoms in total. The quantitative estimate of drug-likeness (QED) is 0.759. The molecule has 1 aromatic carbocycles. The molecule has 0 amide bonds. The number of rotatable bonds is 8. The highest BCUT2D eigenvalue weighted by Crippen LogP contribution is 2.18. The van der Waals surface area contributed by atoms with Crippen molar-refractivity contribution in [2.45, 2.75) is 33.2 Å². The summed E-state index contributed by atoms with van der Waals surface area (Å²) in [6.45, 7) is 6.83. The Bertz CT molecular complexity index is 563. The highest BCUT2D eigenvalue weighted by molar-refractivity contribution is 5.43. The van der Waals surface area contributed by atoms with E-state index in [0.29, 0.717) is 0 Å². The standard InChI is InChI=1S/C17H25N3O/c1-4-5-17-19-8-10-20(17)16-7-6-15(12-14(16)2)13-18-9-11-21-3/h6-8,10,12,18H,4-5,9,11,13H2,1-3H3. The van der Waals surface area contributed by atoms with Crippen molar-refractivity contribution in [2.75, 3.05) is 20.3 Å². The fourth-order valence-electron chi connectivity index (χ4n) is 2.47. The zero-order valence-corrected chi connectivity index (χ0v) is 13.2. The predicted molar refractivity (Wildman–Crippen MR) is 85.9 cm³/mol. The van der Waals surface area contributed by atoms with Gasteiger partial charge in [-0.05, 0) is 30.5 Å². The first kappa shape index (κ1) is 15.7. The van der Waals surface area contributed by atoms with Gasteiger partial charge < -0.3 is 14.6 Å². The van der Waals surface area contributed by atoms with Crippen molar-refractivity contribution in [1.82, 2.24) is 14.9 Å². The third kappa shape index (κ3) is 4.16. The molecule has 0 bridgehead atoms. The Balaban J connectivity index is 2.10. The van der Waals surface area contributed by atoms with Crippen LogP contribution >= 0.6 is 0 Å². The fraction of sp³-hybridized carbons (Fsp3) is 0.471. The third-order valence-electron chi connectivity index (χ3n) is 3.52. The summed E-state index contributed by atoms with van der Waals surface area (Å²) in [6.07, 6.45) is 6.04. The summed E-state index contributed by atoms with van der Waals surface area (Å²) in [5.74, 6) is 1.13. The lowest BCUT2D eigenvalue weighted by molar-refractivity contribution is 0.199. The van der Waals surface area contributed by atoms with Gasteiger partial charge >= 0.3 is 0 Å². The summed E-state index contributed by atoms with van der Waals surface area (Å²) in [5.41, 5.74) is 3.79. The van der Waals surface area contributed by atoms with Crippen LogP contribution in [0.4, 0.5) is 0 Å². The second-order valence-corrected chi connectivity index (χ2v) is 5.25. The summed E-state index contributed by atoms with van der Waals surface area (Å²) in [7, 11) is 1.72. The van der Waals surface area contributed by atoms with E-state index in [0.717, 1.165) is 38.4 Å². The molecule has 21 heavy (non-hydrogen) atoms. The van der Waals surface area contributed by atoms with E-state index in [-0.39, 0.29) is 0 Å². The maximum Gasteiger partial charge on any atom is 0.113 e. The van der Waals surface area contributed by atoms with E-state index in [1.54, 1.807) is 7.11 Å². The van der Waals surface area contributed by atoms with E-state index in [9.17, 15) is 0 Å². The van der Waals surface area contributed by atoms with Crippen molar-refractivity contribution < 1.29 is 4.74 Å². The van der Waals surface area contributed by atoms with Crippen molar-refractivity contribution in [3.8, 4) is 5.69 Å². The molecule has 0 spiro atoms. The van der Waals surface area contributed by atoms with Gasteiger partial charge in [0, 0.05) is 44.7 Å². The van der Waals surface area contributed by atoms with Crippen LogP contribution in [0.2, 0.25) is 0 Å². The Morgan fingerprint density at radius 1 is 1.33 bits per heavy atom. The Kier molecular flexibility index (Phi) is 5.96. The maximum absolute atomic E-state index is 5.03. The normalized spacial score (nSPS) is 11.0. The van der Waals surface area contributed by atoms with E-state index >= 15 is 0 Å². The molecule has 0 aliphatic carbocycles. The molecule has 0 saturated heterocycles. The number of aromatic nitrogens is 2. The highest BCUT2D eigenvalue weighted by atomic mass is 16.5. The minimum Gasteiger partial charge on any atom is -0.383 e. The van der Waals surface area contributed by atoms with E-state index in [1.807, 2.05) is 12.4 Å². The topological polar surface area (TPSA) is 39.1 Å². The largest absolute Gasteiger partial charge is 0.383 e. The molecule has 0 saturated carbocycles. The van der Waals surface area contributed by atoms with Crippen LogP contribution in [-0.2, 0) is 17.7 Å². The van der Waals surface area contributed by atoms with Crippen molar-refractivity contribution in [3.63, 3.8) is 0 Å². The van der Waals surface area contributed by atoms with Crippen LogP contribution in [0.3, 0.4) is 0 Å². The van der Waals surface area contributed by atoms with Crippen LogP contribution in [0.5, 0.6) is 0 Å². The van der Waals surface area contributed by atoms with Crippen LogP contribution in [0, 0.1) is 6.92 Å². The monoisotopic (exact) mass is 287 g/mol. The first-order chi connectivity index (χ1) is 10.3. The minimum atomic E-state index is 0.743. The molecule has 4 heteroatoms. The summed E-state index contributed by atoms with van der Waals surface area (Å²) in [6, 6.07) is 6.60. The first-order valence-corrected chi connectivity index (χ1v) is 7.58. The second-order valence-electron chi connectivity index (χ2n) is 5.25. The average molecular weight is 287 g/mol. The molecular formula is C17H25N3O. The van der Waals surface area contributed by atoms with Crippen molar-refractivity contribution in [1.29, 1.82) is 0 Å². The van der Waals surface area contributed by atoms with Crippen molar-refractivity contribution in [2.24, 2.45) is 0 Å². The van der Waals surface area contributed by atoms with E-state index in [2.05, 4.69) is 46.9 Å². The number of methoxy groups -OCH3 is 1. The molecule has 0 aliphatic heterocycles. The number of ether oxygens (including phenoxy) is 1. The maximum atomic E-state index is 5.03. The molecule has 0 fully saturated rings. The lowest BCUT2D eigenvalue weighted by Crippen LogP contribution is -2.18. The molecule has 114 valence electrons. The number of imidazole rings is 1. The Hall–Kier alpha value is -1.65. The van der Waals surface area contributed by atoms with E-state index < -0.39 is 0 Å². The molecule has 1 heterocycles. The smallest absolute Gasteiger partial charge is 0.113 e. The SMILES string of the molecule is CCCc1nccn1-c1ccc(CNCCOC)cc1C. The molecule has 0 atom stereocenters. The zero-order chi connectivity index (χ0) is 15.1. The molecule has 1 N–H and O–H groups in total. The molecule has 0 aliphatic rings. The highest BCUT2D eigenvalue weighted by Gasteiger charge is 2.07. The number of hydrogen-bond donors (Lipinski definition) is 1. The third-order valence-corrected chi connectivity index (χ3v) is 3.52. The number of hydrogen-bond acceptors (Lipinski definition) is 3. The van der Waals surface area contributed by atoms with Gasteiger partial charge in [-0.15, -0.1) is 0 Å². The molecule has 0 radical (unpaired) electrons. The molecule has 2 aromatic rings.